The summed E-state index contributed by atoms with van der Waals surface area (Å²) in [4.78, 5) is 8.99. The van der Waals surface area contributed by atoms with E-state index in [1.165, 1.54) is 6.07 Å². The first-order valence-corrected chi connectivity index (χ1v) is 7.23. The number of hydrogen-bond acceptors (Lipinski definition) is 4. The van der Waals surface area contributed by atoms with Crippen molar-refractivity contribution >= 4 is 23.3 Å². The minimum absolute atomic E-state index is 0.111. The molecule has 22 heavy (non-hydrogen) atoms. The Morgan fingerprint density at radius 1 is 1.36 bits per heavy atom. The molecule has 0 bridgehead atoms. The van der Waals surface area contributed by atoms with Crippen molar-refractivity contribution in [2.45, 2.75) is 13.3 Å². The lowest BCUT2D eigenvalue weighted by atomic mass is 10.1. The van der Waals surface area contributed by atoms with Crippen LogP contribution in [-0.2, 0) is 18.2 Å². The Labute approximate surface area is 133 Å². The molecular formula is C16H16ClN3O2. The SMILES string of the molecule is COC1=Nc2nc(-c3c(C)cc(Cl)cc3O)n(C)c2CC=C1. The Morgan fingerprint density at radius 3 is 2.82 bits per heavy atom. The van der Waals surface area contributed by atoms with Crippen molar-refractivity contribution in [2.24, 2.45) is 12.0 Å². The van der Waals surface area contributed by atoms with Gasteiger partial charge in [0.2, 0.25) is 5.90 Å². The van der Waals surface area contributed by atoms with Gasteiger partial charge >= 0.3 is 0 Å². The van der Waals surface area contributed by atoms with Crippen LogP contribution in [-0.4, -0.2) is 27.7 Å². The summed E-state index contributed by atoms with van der Waals surface area (Å²) in [5.41, 5.74) is 2.49. The lowest BCUT2D eigenvalue weighted by molar-refractivity contribution is 0.407. The van der Waals surface area contributed by atoms with Gasteiger partial charge in [-0.05, 0) is 30.7 Å². The highest BCUT2D eigenvalue weighted by molar-refractivity contribution is 6.31. The van der Waals surface area contributed by atoms with Crippen LogP contribution in [0.2, 0.25) is 5.02 Å². The Morgan fingerprint density at radius 2 is 2.14 bits per heavy atom. The van der Waals surface area contributed by atoms with Crippen molar-refractivity contribution in [3.05, 3.63) is 40.6 Å². The average molecular weight is 318 g/mol. The molecule has 2 aromatic rings. The molecule has 0 atom stereocenters. The topological polar surface area (TPSA) is 59.6 Å². The first kappa shape index (κ1) is 14.7. The van der Waals surface area contributed by atoms with Crippen molar-refractivity contribution < 1.29 is 9.84 Å². The number of hydrogen-bond donors (Lipinski definition) is 1. The predicted molar refractivity (Wildman–Crippen MR) is 87.0 cm³/mol. The summed E-state index contributed by atoms with van der Waals surface area (Å²) in [6.07, 6.45) is 4.50. The molecule has 1 aromatic carbocycles. The Hall–Kier alpha value is -2.27. The fourth-order valence-electron chi connectivity index (χ4n) is 2.60. The Balaban J connectivity index is 2.20. The van der Waals surface area contributed by atoms with Gasteiger partial charge in [-0.15, -0.1) is 0 Å². The van der Waals surface area contributed by atoms with Crippen molar-refractivity contribution in [3.8, 4) is 17.1 Å². The van der Waals surface area contributed by atoms with Gasteiger partial charge in [0.15, 0.2) is 5.82 Å². The third kappa shape index (κ3) is 2.37. The van der Waals surface area contributed by atoms with Crippen LogP contribution in [0.1, 0.15) is 11.3 Å². The molecule has 5 nitrogen and oxygen atoms in total. The molecule has 1 aliphatic rings. The summed E-state index contributed by atoms with van der Waals surface area (Å²) in [5.74, 6) is 1.89. The van der Waals surface area contributed by atoms with Crippen LogP contribution in [0.4, 0.5) is 5.82 Å². The Kier molecular flexibility index (Phi) is 3.66. The van der Waals surface area contributed by atoms with E-state index >= 15 is 0 Å². The number of methoxy groups -OCH3 is 1. The molecule has 0 spiro atoms. The van der Waals surface area contributed by atoms with Gasteiger partial charge in [0.1, 0.15) is 11.6 Å². The number of aromatic nitrogens is 2. The van der Waals surface area contributed by atoms with E-state index in [0.29, 0.717) is 34.5 Å². The Bertz CT molecular complexity index is 783. The number of aliphatic imine (C=N–C) groups is 1. The second-order valence-corrected chi connectivity index (χ2v) is 5.58. The quantitative estimate of drug-likeness (QED) is 0.875. The molecule has 0 saturated heterocycles. The zero-order valence-corrected chi connectivity index (χ0v) is 13.3. The molecule has 0 aliphatic carbocycles. The van der Waals surface area contributed by atoms with E-state index in [1.807, 2.05) is 30.7 Å². The average Bonchev–Trinajstić information content (AvgIpc) is 2.64. The van der Waals surface area contributed by atoms with E-state index in [1.54, 1.807) is 13.2 Å². The zero-order valence-electron chi connectivity index (χ0n) is 12.6. The second-order valence-electron chi connectivity index (χ2n) is 5.14. The lowest BCUT2D eigenvalue weighted by Crippen LogP contribution is -1.99. The monoisotopic (exact) mass is 317 g/mol. The number of ether oxygens (including phenoxy) is 1. The van der Waals surface area contributed by atoms with Crippen molar-refractivity contribution in [1.29, 1.82) is 0 Å². The molecule has 0 unspecified atom stereocenters. The van der Waals surface area contributed by atoms with Gasteiger partial charge in [-0.3, -0.25) is 0 Å². The molecule has 6 heteroatoms. The minimum Gasteiger partial charge on any atom is -0.507 e. The van der Waals surface area contributed by atoms with Crippen molar-refractivity contribution in [3.63, 3.8) is 0 Å². The normalized spacial score (nSPS) is 13.5. The number of benzene rings is 1. The molecule has 0 fully saturated rings. The number of phenols is 1. The van der Waals surface area contributed by atoms with Crippen molar-refractivity contribution in [1.82, 2.24) is 9.55 Å². The molecule has 1 aromatic heterocycles. The lowest BCUT2D eigenvalue weighted by Gasteiger charge is -2.10. The summed E-state index contributed by atoms with van der Waals surface area (Å²) in [6.45, 7) is 1.89. The number of nitrogens with zero attached hydrogens (tertiary/aromatic N) is 3. The van der Waals surface area contributed by atoms with Crippen LogP contribution >= 0.6 is 11.6 Å². The molecule has 0 amide bonds. The maximum absolute atomic E-state index is 10.3. The minimum atomic E-state index is 0.111. The van der Waals surface area contributed by atoms with E-state index in [-0.39, 0.29) is 5.75 Å². The van der Waals surface area contributed by atoms with Crippen LogP contribution in [0.3, 0.4) is 0 Å². The van der Waals surface area contributed by atoms with Gasteiger partial charge in [0.05, 0.1) is 18.4 Å². The molecular weight excluding hydrogens is 302 g/mol. The maximum atomic E-state index is 10.3. The van der Waals surface area contributed by atoms with E-state index < -0.39 is 0 Å². The largest absolute Gasteiger partial charge is 0.507 e. The molecule has 1 aliphatic heterocycles. The van der Waals surface area contributed by atoms with Gasteiger partial charge in [0.25, 0.3) is 0 Å². The summed E-state index contributed by atoms with van der Waals surface area (Å²) in [6, 6.07) is 3.33. The third-order valence-corrected chi connectivity index (χ3v) is 3.91. The third-order valence-electron chi connectivity index (χ3n) is 3.69. The molecule has 2 heterocycles. The summed E-state index contributed by atoms with van der Waals surface area (Å²) in [7, 11) is 3.49. The molecule has 0 saturated carbocycles. The molecule has 3 rings (SSSR count). The van der Waals surface area contributed by atoms with Crippen LogP contribution in [0, 0.1) is 6.92 Å². The number of allylic oxidation sites excluding steroid dienone is 1. The fourth-order valence-corrected chi connectivity index (χ4v) is 2.87. The highest BCUT2D eigenvalue weighted by Crippen LogP contribution is 2.37. The zero-order chi connectivity index (χ0) is 15.9. The second kappa shape index (κ2) is 5.50. The standard InChI is InChI=1S/C16H16ClN3O2/c1-9-7-10(17)8-12(21)14(9)16-19-15-11(20(16)2)5-4-6-13(18-15)22-3/h4,6-8,21H,5H2,1-3H3. The molecule has 1 N–H and O–H groups in total. The smallest absolute Gasteiger partial charge is 0.214 e. The number of halogens is 1. The summed E-state index contributed by atoms with van der Waals surface area (Å²) < 4.78 is 7.14. The first-order chi connectivity index (χ1) is 10.5. The first-order valence-electron chi connectivity index (χ1n) is 6.85. The van der Waals surface area contributed by atoms with E-state index in [2.05, 4.69) is 9.98 Å². The molecule has 0 radical (unpaired) electrons. The number of imidazole rings is 1. The van der Waals surface area contributed by atoms with Gasteiger partial charge < -0.3 is 14.4 Å². The van der Waals surface area contributed by atoms with E-state index in [4.69, 9.17) is 16.3 Å². The van der Waals surface area contributed by atoms with Gasteiger partial charge in [-0.1, -0.05) is 17.7 Å². The van der Waals surface area contributed by atoms with Crippen LogP contribution in [0.15, 0.2) is 29.3 Å². The van der Waals surface area contributed by atoms with Gasteiger partial charge in [0, 0.05) is 18.5 Å². The van der Waals surface area contributed by atoms with Gasteiger partial charge in [-0.2, -0.15) is 4.99 Å². The van der Waals surface area contributed by atoms with Crippen molar-refractivity contribution in [2.75, 3.05) is 7.11 Å². The number of aryl methyl sites for hydroxylation is 1. The van der Waals surface area contributed by atoms with Crippen LogP contribution < -0.4 is 0 Å². The molecule has 114 valence electrons. The highest BCUT2D eigenvalue weighted by atomic mass is 35.5. The number of fused-ring (bicyclic) bond motifs is 1. The maximum Gasteiger partial charge on any atom is 0.214 e. The number of rotatable bonds is 1. The summed E-state index contributed by atoms with van der Waals surface area (Å²) >= 11 is 5.98. The van der Waals surface area contributed by atoms with E-state index in [0.717, 1.165) is 11.3 Å². The van der Waals surface area contributed by atoms with Crippen LogP contribution in [0.25, 0.3) is 11.4 Å². The fraction of sp³-hybridized carbons (Fsp3) is 0.250. The number of phenolic OH excluding ortho intramolecular Hbond substituents is 1. The number of aromatic hydroxyl groups is 1. The predicted octanol–water partition coefficient (Wildman–Crippen LogP) is 3.54. The highest BCUT2D eigenvalue weighted by Gasteiger charge is 2.21. The van der Waals surface area contributed by atoms with Crippen LogP contribution in [0.5, 0.6) is 5.75 Å². The summed E-state index contributed by atoms with van der Waals surface area (Å²) in [5, 5.41) is 10.8. The van der Waals surface area contributed by atoms with Gasteiger partial charge in [-0.25, -0.2) is 4.98 Å². The van der Waals surface area contributed by atoms with E-state index in [9.17, 15) is 5.11 Å².